The van der Waals surface area contributed by atoms with Crippen LogP contribution in [0.4, 0.5) is 4.39 Å². The number of hydrogen-bond donors (Lipinski definition) is 0. The summed E-state index contributed by atoms with van der Waals surface area (Å²) in [5.74, 6) is -0.274. The second kappa shape index (κ2) is 8.23. The van der Waals surface area contributed by atoms with Crippen LogP contribution in [-0.4, -0.2) is 41.2 Å². The van der Waals surface area contributed by atoms with Gasteiger partial charge in [-0.25, -0.2) is 9.40 Å². The summed E-state index contributed by atoms with van der Waals surface area (Å²) in [4.78, 5) is 15.3. The van der Waals surface area contributed by atoms with Crippen molar-refractivity contribution in [3.63, 3.8) is 0 Å². The van der Waals surface area contributed by atoms with Crippen LogP contribution in [0.3, 0.4) is 0 Å². The molecule has 0 aromatic heterocycles. The number of halogens is 1. The molecule has 146 valence electrons. The Labute approximate surface area is 165 Å². The first kappa shape index (κ1) is 18.8. The van der Waals surface area contributed by atoms with Gasteiger partial charge in [0.2, 0.25) is 0 Å². The highest BCUT2D eigenvalue weighted by Gasteiger charge is 2.33. The number of carbonyl (C=O) groups excluding carboxylic acids is 1. The van der Waals surface area contributed by atoms with Crippen LogP contribution in [0, 0.1) is 12.7 Å². The number of hydrogen-bond acceptors (Lipinski definition) is 3. The molecule has 1 atom stereocenters. The third kappa shape index (κ3) is 4.14. The van der Waals surface area contributed by atoms with E-state index in [1.165, 1.54) is 24.1 Å². The van der Waals surface area contributed by atoms with Crippen molar-refractivity contribution in [3.05, 3.63) is 71.0 Å². The Morgan fingerprint density at radius 3 is 2.57 bits per heavy atom. The maximum atomic E-state index is 13.7. The summed E-state index contributed by atoms with van der Waals surface area (Å²) >= 11 is 0. The van der Waals surface area contributed by atoms with Gasteiger partial charge in [0.05, 0.1) is 18.3 Å². The molecule has 4 nitrogen and oxygen atoms in total. The van der Waals surface area contributed by atoms with E-state index in [2.05, 4.69) is 34.3 Å². The minimum absolute atomic E-state index is 0.0129. The fraction of sp³-hybridized carbons (Fsp3) is 0.391. The zero-order valence-electron chi connectivity index (χ0n) is 16.3. The lowest BCUT2D eigenvalue weighted by atomic mass is 9.97. The Morgan fingerprint density at radius 1 is 1.11 bits per heavy atom. The van der Waals surface area contributed by atoms with E-state index in [9.17, 15) is 9.18 Å². The molecule has 28 heavy (non-hydrogen) atoms. The fourth-order valence-corrected chi connectivity index (χ4v) is 4.01. The van der Waals surface area contributed by atoms with Crippen molar-refractivity contribution >= 4 is 11.6 Å². The minimum atomic E-state index is -0.287. The van der Waals surface area contributed by atoms with Crippen molar-refractivity contribution in [2.24, 2.45) is 5.10 Å². The molecule has 0 spiro atoms. The first-order valence-electron chi connectivity index (χ1n) is 10.0. The van der Waals surface area contributed by atoms with Gasteiger partial charge in [-0.2, -0.15) is 5.10 Å². The molecule has 1 amide bonds. The average Bonchev–Trinajstić information content (AvgIpc) is 3.15. The third-order valence-corrected chi connectivity index (χ3v) is 5.59. The molecule has 0 saturated carbocycles. The number of rotatable bonds is 4. The molecule has 5 heteroatoms. The van der Waals surface area contributed by atoms with E-state index in [4.69, 9.17) is 0 Å². The lowest BCUT2D eigenvalue weighted by Crippen LogP contribution is -2.40. The maximum Gasteiger partial charge on any atom is 0.257 e. The highest BCUT2D eigenvalue weighted by atomic mass is 19.1. The van der Waals surface area contributed by atoms with Gasteiger partial charge in [0, 0.05) is 12.0 Å². The van der Waals surface area contributed by atoms with Crippen LogP contribution in [0.15, 0.2) is 53.6 Å². The Balaban J connectivity index is 1.60. The third-order valence-electron chi connectivity index (χ3n) is 5.59. The zero-order chi connectivity index (χ0) is 19.5. The highest BCUT2D eigenvalue weighted by Crippen LogP contribution is 2.33. The monoisotopic (exact) mass is 379 g/mol. The smallest absolute Gasteiger partial charge is 0.257 e. The molecule has 2 aliphatic rings. The summed E-state index contributed by atoms with van der Waals surface area (Å²) in [6.45, 7) is 4.37. The summed E-state index contributed by atoms with van der Waals surface area (Å²) in [6.07, 6.45) is 4.12. The average molecular weight is 379 g/mol. The maximum absolute atomic E-state index is 13.7. The van der Waals surface area contributed by atoms with Crippen LogP contribution in [0.25, 0.3) is 0 Å². The fourth-order valence-electron chi connectivity index (χ4n) is 4.01. The number of carbonyl (C=O) groups is 1. The van der Waals surface area contributed by atoms with Gasteiger partial charge < -0.3 is 0 Å². The molecule has 1 saturated heterocycles. The van der Waals surface area contributed by atoms with Crippen LogP contribution >= 0.6 is 0 Å². The number of amides is 1. The second-order valence-electron chi connectivity index (χ2n) is 7.76. The van der Waals surface area contributed by atoms with Crippen LogP contribution in [0.1, 0.15) is 48.4 Å². The number of piperidine rings is 1. The molecule has 2 aromatic carbocycles. The van der Waals surface area contributed by atoms with E-state index >= 15 is 0 Å². The van der Waals surface area contributed by atoms with Crippen molar-refractivity contribution in [1.29, 1.82) is 0 Å². The molecular formula is C23H26FN3O. The van der Waals surface area contributed by atoms with Crippen LogP contribution in [0.2, 0.25) is 0 Å². The normalized spacial score (nSPS) is 20.3. The Bertz CT molecular complexity index is 872. The number of benzene rings is 2. The molecule has 4 rings (SSSR count). The molecule has 0 radical (unpaired) electrons. The topological polar surface area (TPSA) is 35.9 Å². The van der Waals surface area contributed by atoms with E-state index in [1.54, 1.807) is 11.1 Å². The molecule has 0 N–H and O–H groups in total. The second-order valence-corrected chi connectivity index (χ2v) is 7.76. The highest BCUT2D eigenvalue weighted by molar-refractivity contribution is 6.03. The van der Waals surface area contributed by atoms with Gasteiger partial charge in [-0.15, -0.1) is 0 Å². The number of aryl methyl sites for hydroxylation is 1. The molecule has 2 aliphatic heterocycles. The standard InChI is InChI=1S/C23H26FN3O/c1-17-8-10-18(11-9-17)22-15-21(19-6-5-7-20(24)14-19)25-27(22)23(28)16-26-12-3-2-4-13-26/h5-11,14,22H,2-4,12-13,15-16H2,1H3/t22-/m1/s1. The number of likely N-dealkylation sites (tertiary alicyclic amines) is 1. The molecular weight excluding hydrogens is 353 g/mol. The van der Waals surface area contributed by atoms with Crippen molar-refractivity contribution in [2.45, 2.75) is 38.6 Å². The minimum Gasteiger partial charge on any atom is -0.294 e. The summed E-state index contributed by atoms with van der Waals surface area (Å²) in [6, 6.07) is 14.6. The van der Waals surface area contributed by atoms with Gasteiger partial charge in [-0.3, -0.25) is 9.69 Å². The largest absolute Gasteiger partial charge is 0.294 e. The van der Waals surface area contributed by atoms with Crippen LogP contribution < -0.4 is 0 Å². The van der Waals surface area contributed by atoms with E-state index in [-0.39, 0.29) is 17.8 Å². The summed E-state index contributed by atoms with van der Waals surface area (Å²) in [5, 5.41) is 6.28. The van der Waals surface area contributed by atoms with E-state index in [1.807, 2.05) is 13.0 Å². The zero-order valence-corrected chi connectivity index (χ0v) is 16.3. The van der Waals surface area contributed by atoms with Gasteiger partial charge >= 0.3 is 0 Å². The lowest BCUT2D eigenvalue weighted by molar-refractivity contribution is -0.134. The van der Waals surface area contributed by atoms with Crippen LogP contribution in [-0.2, 0) is 4.79 Å². The quantitative estimate of drug-likeness (QED) is 0.794. The molecule has 2 heterocycles. The van der Waals surface area contributed by atoms with E-state index < -0.39 is 0 Å². The lowest BCUT2D eigenvalue weighted by Gasteiger charge is -2.29. The van der Waals surface area contributed by atoms with Gasteiger partial charge in [0.1, 0.15) is 5.82 Å². The molecule has 0 aliphatic carbocycles. The molecule has 2 aromatic rings. The van der Waals surface area contributed by atoms with Gasteiger partial charge in [0.15, 0.2) is 0 Å². The molecule has 0 unspecified atom stereocenters. The van der Waals surface area contributed by atoms with Crippen molar-refractivity contribution < 1.29 is 9.18 Å². The Kier molecular flexibility index (Phi) is 5.53. The first-order valence-corrected chi connectivity index (χ1v) is 10.0. The molecule has 0 bridgehead atoms. The molecule has 1 fully saturated rings. The Hall–Kier alpha value is -2.53. The first-order chi connectivity index (χ1) is 13.6. The van der Waals surface area contributed by atoms with Gasteiger partial charge in [-0.1, -0.05) is 48.4 Å². The predicted molar refractivity (Wildman–Crippen MR) is 109 cm³/mol. The number of hydrazone groups is 1. The summed E-state index contributed by atoms with van der Waals surface area (Å²) in [7, 11) is 0. The van der Waals surface area contributed by atoms with E-state index in [0.29, 0.717) is 13.0 Å². The number of nitrogens with zero attached hydrogens (tertiary/aromatic N) is 3. The SMILES string of the molecule is Cc1ccc([C@H]2CC(c3cccc(F)c3)=NN2C(=O)CN2CCCCC2)cc1. The van der Waals surface area contributed by atoms with Gasteiger partial charge in [0.25, 0.3) is 5.91 Å². The predicted octanol–water partition coefficient (Wildman–Crippen LogP) is 4.30. The van der Waals surface area contributed by atoms with Crippen molar-refractivity contribution in [3.8, 4) is 0 Å². The van der Waals surface area contributed by atoms with Crippen LogP contribution in [0.5, 0.6) is 0 Å². The van der Waals surface area contributed by atoms with E-state index in [0.717, 1.165) is 42.8 Å². The van der Waals surface area contributed by atoms with Crippen molar-refractivity contribution in [1.82, 2.24) is 9.91 Å². The van der Waals surface area contributed by atoms with Crippen molar-refractivity contribution in [2.75, 3.05) is 19.6 Å². The Morgan fingerprint density at radius 2 is 1.86 bits per heavy atom. The summed E-state index contributed by atoms with van der Waals surface area (Å²) < 4.78 is 13.7. The summed E-state index contributed by atoms with van der Waals surface area (Å²) in [5.41, 5.74) is 3.74. The van der Waals surface area contributed by atoms with Gasteiger partial charge in [-0.05, 0) is 50.6 Å².